The molecule has 2 N–H and O–H groups in total. The first-order chi connectivity index (χ1) is 18.0. The van der Waals surface area contributed by atoms with Gasteiger partial charge in [-0.25, -0.2) is 9.97 Å². The number of benzene rings is 3. The number of aryl methyl sites for hydroxylation is 2. The highest BCUT2D eigenvalue weighted by atomic mass is 16.1. The standard InChI is InChI=1S/C31H33N5O/c1-22-11-12-24(21-36-17-7-4-8-18-36)19-28(22)34-30(37)26-13-15-27(16-14-26)33-31-32-20-23(2)29(35-31)25-9-5-3-6-10-25/h3,5-6,9-16,19-20H,4,7-8,17-18,21H2,1-2H3,(H,34,37)(H,32,33,35). The molecule has 0 atom stereocenters. The van der Waals surface area contributed by atoms with Gasteiger partial charge < -0.3 is 10.6 Å². The van der Waals surface area contributed by atoms with Gasteiger partial charge in [-0.2, -0.15) is 0 Å². The molecular formula is C31H33N5O. The molecule has 0 aliphatic carbocycles. The third-order valence-electron chi connectivity index (χ3n) is 6.83. The summed E-state index contributed by atoms with van der Waals surface area (Å²) in [6.07, 6.45) is 5.68. The van der Waals surface area contributed by atoms with Gasteiger partial charge in [-0.15, -0.1) is 0 Å². The van der Waals surface area contributed by atoms with Crippen molar-refractivity contribution >= 4 is 23.2 Å². The van der Waals surface area contributed by atoms with Crippen LogP contribution < -0.4 is 10.6 Å². The van der Waals surface area contributed by atoms with Crippen molar-refractivity contribution in [2.24, 2.45) is 0 Å². The average Bonchev–Trinajstić information content (AvgIpc) is 2.93. The van der Waals surface area contributed by atoms with Crippen LogP contribution in [0.15, 0.2) is 79.0 Å². The Morgan fingerprint density at radius 3 is 2.41 bits per heavy atom. The van der Waals surface area contributed by atoms with Crippen molar-refractivity contribution < 1.29 is 4.79 Å². The van der Waals surface area contributed by atoms with Crippen LogP contribution in [0, 0.1) is 13.8 Å². The van der Waals surface area contributed by atoms with E-state index in [9.17, 15) is 4.79 Å². The number of piperidine rings is 1. The number of nitrogens with zero attached hydrogens (tertiary/aromatic N) is 3. The van der Waals surface area contributed by atoms with Crippen LogP contribution >= 0.6 is 0 Å². The normalized spacial score (nSPS) is 13.8. The molecule has 1 aromatic heterocycles. The maximum Gasteiger partial charge on any atom is 0.255 e. The summed E-state index contributed by atoms with van der Waals surface area (Å²) < 4.78 is 0. The molecule has 188 valence electrons. The minimum absolute atomic E-state index is 0.122. The molecule has 0 radical (unpaired) electrons. The van der Waals surface area contributed by atoms with E-state index in [1.54, 1.807) is 0 Å². The Labute approximate surface area is 218 Å². The number of hydrogen-bond donors (Lipinski definition) is 2. The minimum atomic E-state index is -0.122. The maximum atomic E-state index is 13.0. The number of aromatic nitrogens is 2. The van der Waals surface area contributed by atoms with Crippen molar-refractivity contribution in [1.29, 1.82) is 0 Å². The van der Waals surface area contributed by atoms with Crippen molar-refractivity contribution in [1.82, 2.24) is 14.9 Å². The Morgan fingerprint density at radius 1 is 0.892 bits per heavy atom. The van der Waals surface area contributed by atoms with Gasteiger partial charge in [-0.05, 0) is 86.8 Å². The summed E-state index contributed by atoms with van der Waals surface area (Å²) in [5.74, 6) is 0.394. The molecule has 0 bridgehead atoms. The number of rotatable bonds is 7. The Kier molecular flexibility index (Phi) is 7.57. The average molecular weight is 492 g/mol. The zero-order valence-electron chi connectivity index (χ0n) is 21.5. The van der Waals surface area contributed by atoms with E-state index in [1.807, 2.05) is 74.6 Å². The van der Waals surface area contributed by atoms with Gasteiger partial charge in [0.2, 0.25) is 5.95 Å². The topological polar surface area (TPSA) is 70.2 Å². The lowest BCUT2D eigenvalue weighted by atomic mass is 10.1. The molecule has 2 heterocycles. The van der Waals surface area contributed by atoms with Crippen LogP contribution in [0.2, 0.25) is 0 Å². The molecule has 0 unspecified atom stereocenters. The number of anilines is 3. The number of hydrogen-bond acceptors (Lipinski definition) is 5. The minimum Gasteiger partial charge on any atom is -0.324 e. The Morgan fingerprint density at radius 2 is 1.65 bits per heavy atom. The zero-order valence-corrected chi connectivity index (χ0v) is 21.5. The lowest BCUT2D eigenvalue weighted by Gasteiger charge is -2.26. The fourth-order valence-corrected chi connectivity index (χ4v) is 4.70. The van der Waals surface area contributed by atoms with Crippen LogP contribution in [0.3, 0.4) is 0 Å². The summed E-state index contributed by atoms with van der Waals surface area (Å²) in [4.78, 5) is 24.6. The lowest BCUT2D eigenvalue weighted by Crippen LogP contribution is -2.29. The molecule has 5 rings (SSSR count). The van der Waals surface area contributed by atoms with Crippen LogP contribution in [-0.2, 0) is 6.54 Å². The first kappa shape index (κ1) is 24.7. The molecule has 0 spiro atoms. The molecule has 37 heavy (non-hydrogen) atoms. The summed E-state index contributed by atoms with van der Waals surface area (Å²) in [6, 6.07) is 23.8. The fraction of sp³-hybridized carbons (Fsp3) is 0.258. The number of carbonyl (C=O) groups is 1. The second-order valence-corrected chi connectivity index (χ2v) is 9.73. The molecule has 0 saturated carbocycles. The van der Waals surface area contributed by atoms with Crippen molar-refractivity contribution in [2.75, 3.05) is 23.7 Å². The first-order valence-electron chi connectivity index (χ1n) is 12.9. The van der Waals surface area contributed by atoms with Gasteiger partial charge in [0.1, 0.15) is 0 Å². The lowest BCUT2D eigenvalue weighted by molar-refractivity contribution is 0.102. The van der Waals surface area contributed by atoms with Gasteiger partial charge in [0, 0.05) is 35.2 Å². The SMILES string of the molecule is Cc1ccc(CN2CCCCC2)cc1NC(=O)c1ccc(Nc2ncc(C)c(-c3ccccc3)n2)cc1. The maximum absolute atomic E-state index is 13.0. The van der Waals surface area contributed by atoms with E-state index in [4.69, 9.17) is 4.98 Å². The monoisotopic (exact) mass is 491 g/mol. The largest absolute Gasteiger partial charge is 0.324 e. The molecule has 3 aromatic carbocycles. The Bertz CT molecular complexity index is 1360. The van der Waals surface area contributed by atoms with E-state index in [-0.39, 0.29) is 5.91 Å². The van der Waals surface area contributed by atoms with Gasteiger partial charge >= 0.3 is 0 Å². The molecule has 6 heteroatoms. The number of amides is 1. The zero-order chi connectivity index (χ0) is 25.6. The van der Waals surface area contributed by atoms with Crippen LogP contribution in [0.5, 0.6) is 0 Å². The van der Waals surface area contributed by atoms with Crippen molar-refractivity contribution in [3.63, 3.8) is 0 Å². The summed E-state index contributed by atoms with van der Waals surface area (Å²) >= 11 is 0. The smallest absolute Gasteiger partial charge is 0.255 e. The van der Waals surface area contributed by atoms with Gasteiger partial charge in [0.25, 0.3) is 5.91 Å². The first-order valence-corrected chi connectivity index (χ1v) is 12.9. The predicted molar refractivity (Wildman–Crippen MR) is 150 cm³/mol. The summed E-state index contributed by atoms with van der Waals surface area (Å²) in [5, 5.41) is 6.36. The van der Waals surface area contributed by atoms with E-state index in [1.165, 1.54) is 24.8 Å². The fourth-order valence-electron chi connectivity index (χ4n) is 4.70. The van der Waals surface area contributed by atoms with E-state index >= 15 is 0 Å². The van der Waals surface area contributed by atoms with Gasteiger partial charge in [0.15, 0.2) is 0 Å². The molecular weight excluding hydrogens is 458 g/mol. The Hall–Kier alpha value is -4.03. The molecule has 6 nitrogen and oxygen atoms in total. The molecule has 1 fully saturated rings. The molecule has 1 amide bonds. The predicted octanol–water partition coefficient (Wildman–Crippen LogP) is 6.74. The van der Waals surface area contributed by atoms with E-state index in [0.717, 1.165) is 53.4 Å². The van der Waals surface area contributed by atoms with Crippen LogP contribution in [0.25, 0.3) is 11.3 Å². The van der Waals surface area contributed by atoms with Crippen LogP contribution in [0.4, 0.5) is 17.3 Å². The van der Waals surface area contributed by atoms with Gasteiger partial charge in [-0.3, -0.25) is 9.69 Å². The molecule has 1 aliphatic heterocycles. The highest BCUT2D eigenvalue weighted by molar-refractivity contribution is 6.04. The number of carbonyl (C=O) groups excluding carboxylic acids is 1. The molecule has 4 aromatic rings. The summed E-state index contributed by atoms with van der Waals surface area (Å²) in [5.41, 5.74) is 7.53. The number of likely N-dealkylation sites (tertiary alicyclic amines) is 1. The highest BCUT2D eigenvalue weighted by Crippen LogP contribution is 2.24. The summed E-state index contributed by atoms with van der Waals surface area (Å²) in [7, 11) is 0. The van der Waals surface area contributed by atoms with Gasteiger partial charge in [-0.1, -0.05) is 48.9 Å². The second-order valence-electron chi connectivity index (χ2n) is 9.73. The van der Waals surface area contributed by atoms with E-state index < -0.39 is 0 Å². The van der Waals surface area contributed by atoms with Crippen LogP contribution in [-0.4, -0.2) is 33.9 Å². The van der Waals surface area contributed by atoms with E-state index in [2.05, 4.69) is 38.7 Å². The van der Waals surface area contributed by atoms with Gasteiger partial charge in [0.05, 0.1) is 5.69 Å². The highest BCUT2D eigenvalue weighted by Gasteiger charge is 2.13. The Balaban J connectivity index is 1.25. The third-order valence-corrected chi connectivity index (χ3v) is 6.83. The quantitative estimate of drug-likeness (QED) is 0.299. The van der Waals surface area contributed by atoms with E-state index in [0.29, 0.717) is 11.5 Å². The molecule has 1 aliphatic rings. The van der Waals surface area contributed by atoms with Crippen molar-refractivity contribution in [3.8, 4) is 11.3 Å². The van der Waals surface area contributed by atoms with Crippen LogP contribution in [0.1, 0.15) is 46.3 Å². The second kappa shape index (κ2) is 11.4. The molecule has 1 saturated heterocycles. The number of nitrogens with one attached hydrogen (secondary N) is 2. The van der Waals surface area contributed by atoms with Crippen molar-refractivity contribution in [3.05, 3.63) is 101 Å². The third kappa shape index (κ3) is 6.22. The summed E-state index contributed by atoms with van der Waals surface area (Å²) in [6.45, 7) is 7.26. The van der Waals surface area contributed by atoms with Crippen molar-refractivity contribution in [2.45, 2.75) is 39.7 Å².